The lowest BCUT2D eigenvalue weighted by atomic mass is 10.8. The van der Waals surface area contributed by atoms with Gasteiger partial charge in [-0.25, -0.2) is 10.8 Å². The van der Waals surface area contributed by atoms with Crippen molar-refractivity contribution in [2.24, 2.45) is 12.9 Å². The van der Waals surface area contributed by atoms with Crippen LogP contribution in [0, 0.1) is 0 Å². The average molecular weight is 112 g/mol. The van der Waals surface area contributed by atoms with Crippen molar-refractivity contribution >= 4 is 5.82 Å². The number of nitrogens with one attached hydrogen (secondary N) is 1. The minimum absolute atomic E-state index is 0.688. The number of imidazole rings is 1. The van der Waals surface area contributed by atoms with Crippen molar-refractivity contribution in [2.45, 2.75) is 0 Å². The van der Waals surface area contributed by atoms with Crippen LogP contribution < -0.4 is 11.3 Å². The van der Waals surface area contributed by atoms with Gasteiger partial charge in [-0.05, 0) is 0 Å². The largest absolute Gasteiger partial charge is 0.338 e. The first-order valence-electron chi connectivity index (χ1n) is 2.27. The molecule has 1 aromatic heterocycles. The van der Waals surface area contributed by atoms with E-state index in [9.17, 15) is 0 Å². The third kappa shape index (κ3) is 0.788. The van der Waals surface area contributed by atoms with Crippen LogP contribution in [0.15, 0.2) is 12.5 Å². The zero-order valence-corrected chi connectivity index (χ0v) is 4.63. The average Bonchev–Trinajstić information content (AvgIpc) is 2.14. The van der Waals surface area contributed by atoms with E-state index in [4.69, 9.17) is 5.84 Å². The number of nitrogens with zero attached hydrogens (tertiary/aromatic N) is 2. The number of nitrogens with two attached hydrogens (primary N) is 1. The molecule has 0 aliphatic heterocycles. The van der Waals surface area contributed by atoms with Crippen LogP contribution in [0.3, 0.4) is 0 Å². The van der Waals surface area contributed by atoms with Crippen LogP contribution in [0.1, 0.15) is 0 Å². The predicted molar refractivity (Wildman–Crippen MR) is 31.0 cm³/mol. The summed E-state index contributed by atoms with van der Waals surface area (Å²) in [6, 6.07) is 0. The number of hydrogen-bond acceptors (Lipinski definition) is 3. The number of anilines is 1. The van der Waals surface area contributed by atoms with Gasteiger partial charge in [0.15, 0.2) is 5.82 Å². The first-order chi connectivity index (χ1) is 3.83. The van der Waals surface area contributed by atoms with Crippen LogP contribution >= 0.6 is 0 Å². The van der Waals surface area contributed by atoms with Crippen LogP contribution in [-0.4, -0.2) is 9.55 Å². The molecule has 4 heteroatoms. The number of hydrogen-bond donors (Lipinski definition) is 2. The Morgan fingerprint density at radius 1 is 1.88 bits per heavy atom. The maximum absolute atomic E-state index is 5.04. The highest BCUT2D eigenvalue weighted by molar-refractivity contribution is 5.28. The number of nitrogen functional groups attached to an aromatic ring is 1. The molecule has 0 amide bonds. The molecule has 1 aromatic rings. The summed E-state index contributed by atoms with van der Waals surface area (Å²) in [5, 5.41) is 0. The molecular formula is C4H8N4. The van der Waals surface area contributed by atoms with E-state index in [0.717, 1.165) is 0 Å². The number of aromatic nitrogens is 2. The Morgan fingerprint density at radius 2 is 2.62 bits per heavy atom. The fraction of sp³-hybridized carbons (Fsp3) is 0.250. The van der Waals surface area contributed by atoms with Gasteiger partial charge in [0.05, 0.1) is 6.33 Å². The standard InChI is InChI=1S/C4H8N4/c1-8-2-4(7-5)6-3-8/h2-3,7H,5H2,1H3. The summed E-state index contributed by atoms with van der Waals surface area (Å²) in [6.07, 6.45) is 3.47. The van der Waals surface area contributed by atoms with Gasteiger partial charge in [-0.1, -0.05) is 0 Å². The van der Waals surface area contributed by atoms with Gasteiger partial charge in [0.1, 0.15) is 0 Å². The Bertz CT molecular complexity index is 168. The van der Waals surface area contributed by atoms with Crippen LogP contribution in [0.4, 0.5) is 5.82 Å². The molecule has 0 saturated carbocycles. The number of hydrazine groups is 1. The Kier molecular flexibility index (Phi) is 1.17. The monoisotopic (exact) mass is 112 g/mol. The minimum atomic E-state index is 0.688. The molecule has 0 radical (unpaired) electrons. The predicted octanol–water partition coefficient (Wildman–Crippen LogP) is -0.294. The summed E-state index contributed by atoms with van der Waals surface area (Å²) < 4.78 is 1.81. The van der Waals surface area contributed by atoms with Crippen molar-refractivity contribution in [1.82, 2.24) is 9.55 Å². The molecule has 0 aliphatic rings. The molecule has 0 aromatic carbocycles. The van der Waals surface area contributed by atoms with Crippen molar-refractivity contribution < 1.29 is 0 Å². The fourth-order valence-corrected chi connectivity index (χ4v) is 0.487. The van der Waals surface area contributed by atoms with Gasteiger partial charge in [0.25, 0.3) is 0 Å². The van der Waals surface area contributed by atoms with Gasteiger partial charge in [0, 0.05) is 13.2 Å². The molecule has 1 heterocycles. The van der Waals surface area contributed by atoms with Crippen molar-refractivity contribution in [3.05, 3.63) is 12.5 Å². The SMILES string of the molecule is Cn1cnc(NN)c1. The molecule has 0 aliphatic carbocycles. The molecule has 0 fully saturated rings. The second-order valence-corrected chi connectivity index (χ2v) is 1.57. The quantitative estimate of drug-likeness (QED) is 0.387. The summed E-state index contributed by atoms with van der Waals surface area (Å²) in [4.78, 5) is 3.86. The van der Waals surface area contributed by atoms with E-state index in [0.29, 0.717) is 5.82 Å². The van der Waals surface area contributed by atoms with Crippen LogP contribution in [-0.2, 0) is 7.05 Å². The van der Waals surface area contributed by atoms with E-state index >= 15 is 0 Å². The zero-order valence-electron chi connectivity index (χ0n) is 4.63. The third-order valence-corrected chi connectivity index (χ3v) is 0.853. The maximum atomic E-state index is 5.04. The van der Waals surface area contributed by atoms with E-state index in [2.05, 4.69) is 10.4 Å². The molecule has 3 N–H and O–H groups in total. The van der Waals surface area contributed by atoms with E-state index in [-0.39, 0.29) is 0 Å². The topological polar surface area (TPSA) is 55.9 Å². The third-order valence-electron chi connectivity index (χ3n) is 0.853. The molecular weight excluding hydrogens is 104 g/mol. The fourth-order valence-electron chi connectivity index (χ4n) is 0.487. The summed E-state index contributed by atoms with van der Waals surface area (Å²) in [7, 11) is 1.88. The van der Waals surface area contributed by atoms with Crippen molar-refractivity contribution in [2.75, 3.05) is 5.43 Å². The first kappa shape index (κ1) is 5.11. The molecule has 0 saturated heterocycles. The Labute approximate surface area is 47.3 Å². The van der Waals surface area contributed by atoms with Crippen molar-refractivity contribution in [3.63, 3.8) is 0 Å². The van der Waals surface area contributed by atoms with Gasteiger partial charge in [-0.2, -0.15) is 0 Å². The Balaban J connectivity index is 2.84. The summed E-state index contributed by atoms with van der Waals surface area (Å²) in [5.41, 5.74) is 2.42. The first-order valence-corrected chi connectivity index (χ1v) is 2.27. The normalized spacial score (nSPS) is 9.25. The Hall–Kier alpha value is -1.03. The lowest BCUT2D eigenvalue weighted by molar-refractivity contribution is 0.913. The van der Waals surface area contributed by atoms with Crippen molar-refractivity contribution in [1.29, 1.82) is 0 Å². The number of aryl methyl sites for hydroxylation is 1. The Morgan fingerprint density at radius 3 is 2.88 bits per heavy atom. The highest BCUT2D eigenvalue weighted by atomic mass is 15.3. The summed E-state index contributed by atoms with van der Waals surface area (Å²) >= 11 is 0. The van der Waals surface area contributed by atoms with Crippen molar-refractivity contribution in [3.8, 4) is 0 Å². The van der Waals surface area contributed by atoms with Crippen LogP contribution in [0.25, 0.3) is 0 Å². The second kappa shape index (κ2) is 1.83. The highest BCUT2D eigenvalue weighted by Crippen LogP contribution is 1.95. The van der Waals surface area contributed by atoms with Crippen LogP contribution in [0.5, 0.6) is 0 Å². The summed E-state index contributed by atoms with van der Waals surface area (Å²) in [5.74, 6) is 5.72. The lowest BCUT2D eigenvalue weighted by Crippen LogP contribution is -2.06. The lowest BCUT2D eigenvalue weighted by Gasteiger charge is -1.86. The van der Waals surface area contributed by atoms with E-state index in [1.165, 1.54) is 0 Å². The van der Waals surface area contributed by atoms with Gasteiger partial charge in [-0.15, -0.1) is 0 Å². The molecule has 0 bridgehead atoms. The van der Waals surface area contributed by atoms with E-state index in [1.54, 1.807) is 12.5 Å². The molecule has 1 rings (SSSR count). The molecule has 0 atom stereocenters. The number of rotatable bonds is 1. The minimum Gasteiger partial charge on any atom is -0.338 e. The zero-order chi connectivity index (χ0) is 5.98. The van der Waals surface area contributed by atoms with E-state index < -0.39 is 0 Å². The molecule has 0 unspecified atom stereocenters. The maximum Gasteiger partial charge on any atom is 0.158 e. The van der Waals surface area contributed by atoms with Gasteiger partial charge in [0.2, 0.25) is 0 Å². The van der Waals surface area contributed by atoms with Gasteiger partial charge < -0.3 is 9.99 Å². The van der Waals surface area contributed by atoms with Gasteiger partial charge >= 0.3 is 0 Å². The molecule has 44 valence electrons. The molecule has 4 nitrogen and oxygen atoms in total. The highest BCUT2D eigenvalue weighted by Gasteiger charge is 1.87. The molecule has 8 heavy (non-hydrogen) atoms. The smallest absolute Gasteiger partial charge is 0.158 e. The van der Waals surface area contributed by atoms with Crippen LogP contribution in [0.2, 0.25) is 0 Å². The second-order valence-electron chi connectivity index (χ2n) is 1.57. The van der Waals surface area contributed by atoms with E-state index in [1.807, 2.05) is 11.6 Å². The van der Waals surface area contributed by atoms with Gasteiger partial charge in [-0.3, -0.25) is 0 Å². The summed E-state index contributed by atoms with van der Waals surface area (Å²) in [6.45, 7) is 0. The molecule has 0 spiro atoms.